The highest BCUT2D eigenvalue weighted by Gasteiger charge is 2.31. The van der Waals surface area contributed by atoms with Crippen molar-refractivity contribution in [2.24, 2.45) is 0 Å². The predicted octanol–water partition coefficient (Wildman–Crippen LogP) is 2.78. The quantitative estimate of drug-likeness (QED) is 0.902. The van der Waals surface area contributed by atoms with Crippen LogP contribution in [0, 0.1) is 0 Å². The molecule has 0 saturated carbocycles. The first-order chi connectivity index (χ1) is 9.90. The van der Waals surface area contributed by atoms with Gasteiger partial charge in [0.05, 0.1) is 19.1 Å². The Kier molecular flexibility index (Phi) is 4.72. The molecule has 0 aliphatic carbocycles. The summed E-state index contributed by atoms with van der Waals surface area (Å²) in [6.07, 6.45) is -3.94. The Balaban J connectivity index is 2.10. The molecule has 2 N–H and O–H groups in total. The van der Waals surface area contributed by atoms with Gasteiger partial charge in [0, 0.05) is 12.2 Å². The number of carbonyl (C=O) groups excluding carboxylic acids is 1. The Morgan fingerprint density at radius 1 is 1.38 bits per heavy atom. The SMILES string of the molecule is O=C(Nc1ccccc1CC(F)(F)F)N1CCC[C@H]1CO. The van der Waals surface area contributed by atoms with Crippen molar-refractivity contribution in [1.82, 2.24) is 4.90 Å². The number of halogens is 3. The van der Waals surface area contributed by atoms with E-state index in [9.17, 15) is 23.1 Å². The average molecular weight is 302 g/mol. The zero-order chi connectivity index (χ0) is 15.5. The Bertz CT molecular complexity index is 505. The number of benzene rings is 1. The summed E-state index contributed by atoms with van der Waals surface area (Å²) in [6, 6.07) is 5.13. The van der Waals surface area contributed by atoms with Crippen molar-refractivity contribution in [2.75, 3.05) is 18.5 Å². The maximum absolute atomic E-state index is 12.5. The van der Waals surface area contributed by atoms with Crippen molar-refractivity contribution in [1.29, 1.82) is 0 Å². The van der Waals surface area contributed by atoms with Crippen LogP contribution in [0.5, 0.6) is 0 Å². The van der Waals surface area contributed by atoms with E-state index in [1.54, 1.807) is 6.07 Å². The summed E-state index contributed by atoms with van der Waals surface area (Å²) in [4.78, 5) is 13.6. The minimum Gasteiger partial charge on any atom is -0.394 e. The van der Waals surface area contributed by atoms with Gasteiger partial charge in [-0.05, 0) is 24.5 Å². The van der Waals surface area contributed by atoms with Gasteiger partial charge in [0.2, 0.25) is 0 Å². The number of hydrogen-bond acceptors (Lipinski definition) is 2. The summed E-state index contributed by atoms with van der Waals surface area (Å²) in [5, 5.41) is 11.7. The van der Waals surface area contributed by atoms with Crippen LogP contribution in [-0.2, 0) is 6.42 Å². The van der Waals surface area contributed by atoms with Crippen LogP contribution in [-0.4, -0.2) is 41.4 Å². The topological polar surface area (TPSA) is 52.6 Å². The number of nitrogens with zero attached hydrogens (tertiary/aromatic N) is 1. The molecule has 0 spiro atoms. The number of rotatable bonds is 3. The van der Waals surface area contributed by atoms with Crippen molar-refractivity contribution in [3.8, 4) is 0 Å². The smallest absolute Gasteiger partial charge is 0.393 e. The molecule has 1 fully saturated rings. The van der Waals surface area contributed by atoms with E-state index in [1.165, 1.54) is 23.1 Å². The van der Waals surface area contributed by atoms with Crippen molar-refractivity contribution in [3.05, 3.63) is 29.8 Å². The standard InChI is InChI=1S/C14H17F3N2O2/c15-14(16,17)8-10-4-1-2-6-12(10)18-13(21)19-7-3-5-11(19)9-20/h1-2,4,6,11,20H,3,5,7-9H2,(H,18,21)/t11-/m0/s1. The minimum absolute atomic E-state index is 0.0260. The van der Waals surface area contributed by atoms with Gasteiger partial charge in [-0.3, -0.25) is 0 Å². The molecular weight excluding hydrogens is 285 g/mol. The largest absolute Gasteiger partial charge is 0.394 e. The van der Waals surface area contributed by atoms with Crippen LogP contribution in [0.15, 0.2) is 24.3 Å². The van der Waals surface area contributed by atoms with E-state index in [4.69, 9.17) is 0 Å². The van der Waals surface area contributed by atoms with Crippen LogP contribution >= 0.6 is 0 Å². The Labute approximate surface area is 120 Å². The highest BCUT2D eigenvalue weighted by Crippen LogP contribution is 2.27. The average Bonchev–Trinajstić information content (AvgIpc) is 2.87. The van der Waals surface area contributed by atoms with Crippen LogP contribution < -0.4 is 5.32 Å². The fourth-order valence-corrected chi connectivity index (χ4v) is 2.49. The third-order valence-corrected chi connectivity index (χ3v) is 3.50. The highest BCUT2D eigenvalue weighted by molar-refractivity contribution is 5.90. The molecular formula is C14H17F3N2O2. The Hall–Kier alpha value is -1.76. The lowest BCUT2D eigenvalue weighted by Crippen LogP contribution is -2.40. The van der Waals surface area contributed by atoms with Gasteiger partial charge < -0.3 is 15.3 Å². The number of hydrogen-bond donors (Lipinski definition) is 2. The third-order valence-electron chi connectivity index (χ3n) is 3.50. The molecule has 1 atom stereocenters. The number of amides is 2. The van der Waals surface area contributed by atoms with Gasteiger partial charge in [-0.1, -0.05) is 18.2 Å². The minimum atomic E-state index is -4.33. The van der Waals surface area contributed by atoms with Crippen molar-refractivity contribution in [3.63, 3.8) is 0 Å². The van der Waals surface area contributed by atoms with E-state index >= 15 is 0 Å². The van der Waals surface area contributed by atoms with Crippen molar-refractivity contribution in [2.45, 2.75) is 31.5 Å². The molecule has 1 saturated heterocycles. The molecule has 0 unspecified atom stereocenters. The van der Waals surface area contributed by atoms with Gasteiger partial charge in [-0.15, -0.1) is 0 Å². The van der Waals surface area contributed by atoms with Crippen molar-refractivity contribution < 1.29 is 23.1 Å². The maximum atomic E-state index is 12.5. The second-order valence-corrected chi connectivity index (χ2v) is 5.05. The maximum Gasteiger partial charge on any atom is 0.393 e. The first-order valence-electron chi connectivity index (χ1n) is 6.74. The molecule has 21 heavy (non-hydrogen) atoms. The molecule has 116 valence electrons. The summed E-state index contributed by atoms with van der Waals surface area (Å²) >= 11 is 0. The Morgan fingerprint density at radius 2 is 2.10 bits per heavy atom. The van der Waals surface area contributed by atoms with Gasteiger partial charge in [0.15, 0.2) is 0 Å². The van der Waals surface area contributed by atoms with Crippen LogP contribution in [0.1, 0.15) is 18.4 Å². The van der Waals surface area contributed by atoms with Gasteiger partial charge >= 0.3 is 12.2 Å². The lowest BCUT2D eigenvalue weighted by Gasteiger charge is -2.24. The molecule has 1 aromatic rings. The molecule has 0 bridgehead atoms. The number of likely N-dealkylation sites (tertiary alicyclic amines) is 1. The number of para-hydroxylation sites is 1. The van der Waals surface area contributed by atoms with E-state index in [-0.39, 0.29) is 23.9 Å². The second-order valence-electron chi connectivity index (χ2n) is 5.05. The highest BCUT2D eigenvalue weighted by atomic mass is 19.4. The summed E-state index contributed by atoms with van der Waals surface area (Å²) in [5.41, 5.74) is 0.182. The zero-order valence-electron chi connectivity index (χ0n) is 11.4. The van der Waals surface area contributed by atoms with Gasteiger partial charge in [-0.2, -0.15) is 13.2 Å². The van der Waals surface area contributed by atoms with Gasteiger partial charge in [-0.25, -0.2) is 4.79 Å². The van der Waals surface area contributed by atoms with Crippen molar-refractivity contribution >= 4 is 11.7 Å². The summed E-state index contributed by atoms with van der Waals surface area (Å²) in [7, 11) is 0. The summed E-state index contributed by atoms with van der Waals surface area (Å²) in [6.45, 7) is 0.357. The number of urea groups is 1. The molecule has 2 rings (SSSR count). The van der Waals surface area contributed by atoms with E-state index in [0.717, 1.165) is 6.42 Å². The van der Waals surface area contributed by atoms with E-state index in [1.807, 2.05) is 0 Å². The number of nitrogens with one attached hydrogen (secondary N) is 1. The third kappa shape index (κ3) is 4.10. The van der Waals surface area contributed by atoms with Crippen LogP contribution in [0.25, 0.3) is 0 Å². The number of aliphatic hydroxyl groups excluding tert-OH is 1. The molecule has 7 heteroatoms. The lowest BCUT2D eigenvalue weighted by molar-refractivity contribution is -0.127. The van der Waals surface area contributed by atoms with E-state index in [2.05, 4.69) is 5.32 Å². The van der Waals surface area contributed by atoms with Gasteiger partial charge in [0.1, 0.15) is 0 Å². The Morgan fingerprint density at radius 3 is 2.76 bits per heavy atom. The molecule has 1 heterocycles. The second kappa shape index (κ2) is 6.34. The zero-order valence-corrected chi connectivity index (χ0v) is 11.4. The number of anilines is 1. The fraction of sp³-hybridized carbons (Fsp3) is 0.500. The fourth-order valence-electron chi connectivity index (χ4n) is 2.49. The molecule has 0 radical (unpaired) electrons. The summed E-state index contributed by atoms with van der Waals surface area (Å²) < 4.78 is 37.6. The predicted molar refractivity (Wildman–Crippen MR) is 72.0 cm³/mol. The molecule has 4 nitrogen and oxygen atoms in total. The van der Waals surface area contributed by atoms with E-state index < -0.39 is 18.6 Å². The van der Waals surface area contributed by atoms with Crippen LogP contribution in [0.2, 0.25) is 0 Å². The number of aliphatic hydroxyl groups is 1. The van der Waals surface area contributed by atoms with Gasteiger partial charge in [0.25, 0.3) is 0 Å². The van der Waals surface area contributed by atoms with Crippen LogP contribution in [0.3, 0.4) is 0 Å². The molecule has 1 aliphatic heterocycles. The molecule has 1 aliphatic rings. The first kappa shape index (κ1) is 15.6. The first-order valence-corrected chi connectivity index (χ1v) is 6.74. The number of carbonyl (C=O) groups is 1. The molecule has 0 aromatic heterocycles. The summed E-state index contributed by atoms with van der Waals surface area (Å²) in [5.74, 6) is 0. The lowest BCUT2D eigenvalue weighted by atomic mass is 10.1. The van der Waals surface area contributed by atoms with E-state index in [0.29, 0.717) is 13.0 Å². The molecule has 2 amide bonds. The van der Waals surface area contributed by atoms with Crippen LogP contribution in [0.4, 0.5) is 23.7 Å². The number of alkyl halides is 3. The normalized spacial score (nSPS) is 18.9. The molecule has 1 aromatic carbocycles. The monoisotopic (exact) mass is 302 g/mol.